The summed E-state index contributed by atoms with van der Waals surface area (Å²) in [4.78, 5) is 25.8. The average molecular weight is 1200 g/mol. The van der Waals surface area contributed by atoms with Gasteiger partial charge < -0.3 is 100 Å². The van der Waals surface area contributed by atoms with Crippen molar-refractivity contribution < 1.29 is 99.3 Å². The Morgan fingerprint density at radius 1 is 0.458 bits per heavy atom. The van der Waals surface area contributed by atoms with Gasteiger partial charge in [0.1, 0.15) is 85.4 Å². The number of carbonyl (C=O) groups is 2. The van der Waals surface area contributed by atoms with Crippen molar-refractivity contribution in [3.8, 4) is 0 Å². The Morgan fingerprint density at radius 2 is 0.855 bits per heavy atom. The molecule has 0 saturated carbocycles. The lowest BCUT2D eigenvalue weighted by atomic mass is 9.96. The Hall–Kier alpha value is -1.78. The highest BCUT2D eigenvalue weighted by molar-refractivity contribution is 5.80. The number of nitrogens with one attached hydrogen (secondary N) is 2. The Labute approximate surface area is 495 Å². The van der Waals surface area contributed by atoms with Crippen LogP contribution >= 0.6 is 0 Å². The van der Waals surface area contributed by atoms with Crippen molar-refractivity contribution in [1.29, 1.82) is 0 Å². The summed E-state index contributed by atoms with van der Waals surface area (Å²) in [6, 6.07) is -2.82. The van der Waals surface area contributed by atoms with E-state index < -0.39 is 155 Å². The number of carbonyl (C=O) groups excluding carboxylic acids is 2. The summed E-state index contributed by atoms with van der Waals surface area (Å²) in [5.41, 5.74) is 0. The van der Waals surface area contributed by atoms with Crippen molar-refractivity contribution in [2.24, 2.45) is 0 Å². The third-order valence-electron chi connectivity index (χ3n) is 16.8. The lowest BCUT2D eigenvalue weighted by Crippen LogP contribution is -2.66. The molecule has 2 amide bonds. The minimum atomic E-state index is -2.01. The van der Waals surface area contributed by atoms with Crippen molar-refractivity contribution in [2.45, 2.75) is 349 Å². The largest absolute Gasteiger partial charge is 0.394 e. The van der Waals surface area contributed by atoms with Crippen LogP contribution < -0.4 is 10.6 Å². The van der Waals surface area contributed by atoms with Crippen LogP contribution in [0, 0.1) is 0 Å². The van der Waals surface area contributed by atoms with Gasteiger partial charge in [-0.05, 0) is 12.8 Å². The number of unbranched alkanes of at least 4 members (excludes halogenated alkanes) is 29. The van der Waals surface area contributed by atoms with Crippen LogP contribution in [-0.2, 0) is 38.0 Å². The van der Waals surface area contributed by atoms with E-state index in [1.807, 2.05) is 0 Å². The fourth-order valence-electron chi connectivity index (χ4n) is 11.3. The van der Waals surface area contributed by atoms with E-state index in [1.54, 1.807) is 0 Å². The zero-order chi connectivity index (χ0) is 60.9. The molecule has 3 aliphatic heterocycles. The molecular formula is C61H116N2O20. The van der Waals surface area contributed by atoms with Crippen LogP contribution in [0.1, 0.15) is 233 Å². The second kappa shape index (κ2) is 44.6. The van der Waals surface area contributed by atoms with Crippen LogP contribution in [0.3, 0.4) is 0 Å². The van der Waals surface area contributed by atoms with Gasteiger partial charge in [0.2, 0.25) is 11.8 Å². The molecule has 0 radical (unpaired) electrons. The van der Waals surface area contributed by atoms with E-state index in [0.29, 0.717) is 12.8 Å². The number of hydrogen-bond acceptors (Lipinski definition) is 20. The molecule has 0 spiro atoms. The highest BCUT2D eigenvalue weighted by atomic mass is 16.8. The fraction of sp³-hybridized carbons (Fsp3) is 0.967. The van der Waals surface area contributed by atoms with E-state index >= 15 is 0 Å². The van der Waals surface area contributed by atoms with Crippen molar-refractivity contribution >= 4 is 11.8 Å². The standard InChI is InChI=1S/C61H116N2O20/c1-4-6-8-10-12-14-16-18-19-20-21-22-23-24-26-28-30-32-34-36-44(68)58(77)63-42(49(69)43(67)35-33-31-29-27-25-17-15-13-11-9-7-5-2)39-78-61-57(83-60-56(76)54(74)51(71)46(38-65)81-60)55(75)52(72)47(82-61)40-79-59-48(62-41(3)66)53(73)50(70)45(37-64)80-59/h42-57,59-61,64-65,67-76H,4-40H2,1-3H3,(H,62,66)(H,63,77). The number of aliphatic hydroxyl groups excluding tert-OH is 12. The molecule has 0 aromatic rings. The summed E-state index contributed by atoms with van der Waals surface area (Å²) >= 11 is 0. The maximum absolute atomic E-state index is 13.7. The topological polar surface area (TPSA) is 356 Å². The lowest BCUT2D eigenvalue weighted by molar-refractivity contribution is -0.371. The van der Waals surface area contributed by atoms with E-state index in [1.165, 1.54) is 128 Å². The molecule has 83 heavy (non-hydrogen) atoms. The Morgan fingerprint density at radius 3 is 1.30 bits per heavy atom. The summed E-state index contributed by atoms with van der Waals surface area (Å²) in [5, 5.41) is 136. The molecule has 3 heterocycles. The molecule has 22 nitrogen and oxygen atoms in total. The summed E-state index contributed by atoms with van der Waals surface area (Å²) in [5.74, 6) is -1.48. The number of hydrogen-bond donors (Lipinski definition) is 14. The maximum atomic E-state index is 13.7. The molecule has 19 atom stereocenters. The van der Waals surface area contributed by atoms with Crippen molar-refractivity contribution in [2.75, 3.05) is 26.4 Å². The third-order valence-corrected chi connectivity index (χ3v) is 16.8. The van der Waals surface area contributed by atoms with Crippen molar-refractivity contribution in [3.05, 3.63) is 0 Å². The second-order valence-corrected chi connectivity index (χ2v) is 23.9. The summed E-state index contributed by atoms with van der Waals surface area (Å²) in [6.07, 6.45) is 7.24. The van der Waals surface area contributed by atoms with Gasteiger partial charge >= 0.3 is 0 Å². The van der Waals surface area contributed by atoms with Gasteiger partial charge in [-0.3, -0.25) is 9.59 Å². The summed E-state index contributed by atoms with van der Waals surface area (Å²) in [6.45, 7) is 2.65. The van der Waals surface area contributed by atoms with Gasteiger partial charge in [0.15, 0.2) is 18.9 Å². The lowest BCUT2D eigenvalue weighted by Gasteiger charge is -2.47. The van der Waals surface area contributed by atoms with Crippen molar-refractivity contribution in [1.82, 2.24) is 10.6 Å². The Kier molecular flexibility index (Phi) is 40.6. The molecule has 22 heteroatoms. The molecule has 3 fully saturated rings. The predicted octanol–water partition coefficient (Wildman–Crippen LogP) is 4.08. The SMILES string of the molecule is CCCCCCCCCCCCCCCCCCCCCC(O)C(=O)NC(COC1OC(COC2OC(CO)C(O)C(O)C2NC(C)=O)C(O)C(O)C1OC1OC(CO)C(O)C(O)C1O)C(O)C(O)CCCCCCCCCCCCCC. The van der Waals surface area contributed by atoms with Crippen LogP contribution in [0.5, 0.6) is 0 Å². The smallest absolute Gasteiger partial charge is 0.249 e. The van der Waals surface area contributed by atoms with Crippen molar-refractivity contribution in [3.63, 3.8) is 0 Å². The molecule has 0 aliphatic carbocycles. The van der Waals surface area contributed by atoms with E-state index in [4.69, 9.17) is 28.4 Å². The third kappa shape index (κ3) is 28.5. The first kappa shape index (κ1) is 75.5. The first-order valence-electron chi connectivity index (χ1n) is 32.5. The number of rotatable bonds is 48. The Bertz CT molecular complexity index is 1630. The molecular weight excluding hydrogens is 1080 g/mol. The monoisotopic (exact) mass is 1200 g/mol. The minimum Gasteiger partial charge on any atom is -0.394 e. The minimum absolute atomic E-state index is 0.130. The molecule has 3 saturated heterocycles. The van der Waals surface area contributed by atoms with Crippen LogP contribution in [-0.4, -0.2) is 216 Å². The number of amides is 2. The van der Waals surface area contributed by atoms with E-state index in [0.717, 1.165) is 64.7 Å². The van der Waals surface area contributed by atoms with Crippen LogP contribution in [0.25, 0.3) is 0 Å². The molecule has 3 aliphatic rings. The van der Waals surface area contributed by atoms with E-state index in [2.05, 4.69) is 24.5 Å². The molecule has 0 aromatic heterocycles. The Balaban J connectivity index is 1.68. The molecule has 3 rings (SSSR count). The van der Waals surface area contributed by atoms with Gasteiger partial charge in [-0.2, -0.15) is 0 Å². The van der Waals surface area contributed by atoms with Gasteiger partial charge in [0.05, 0.1) is 38.6 Å². The van der Waals surface area contributed by atoms with Crippen LogP contribution in [0.4, 0.5) is 0 Å². The summed E-state index contributed by atoms with van der Waals surface area (Å²) in [7, 11) is 0. The molecule has 14 N–H and O–H groups in total. The first-order chi connectivity index (χ1) is 40.0. The first-order valence-corrected chi connectivity index (χ1v) is 32.5. The summed E-state index contributed by atoms with van der Waals surface area (Å²) < 4.78 is 35.2. The molecule has 0 bridgehead atoms. The predicted molar refractivity (Wildman–Crippen MR) is 310 cm³/mol. The normalized spacial score (nSPS) is 30.0. The van der Waals surface area contributed by atoms with Gasteiger partial charge in [-0.25, -0.2) is 0 Å². The average Bonchev–Trinajstić information content (AvgIpc) is 3.48. The highest BCUT2D eigenvalue weighted by Gasteiger charge is 2.52. The second-order valence-electron chi connectivity index (χ2n) is 23.9. The van der Waals surface area contributed by atoms with E-state index in [-0.39, 0.29) is 12.8 Å². The zero-order valence-electron chi connectivity index (χ0n) is 50.8. The highest BCUT2D eigenvalue weighted by Crippen LogP contribution is 2.32. The number of aliphatic hydroxyl groups is 12. The zero-order valence-corrected chi connectivity index (χ0v) is 50.8. The van der Waals surface area contributed by atoms with Crippen LogP contribution in [0.15, 0.2) is 0 Å². The fourth-order valence-corrected chi connectivity index (χ4v) is 11.3. The molecule has 0 aromatic carbocycles. The molecule has 490 valence electrons. The van der Waals surface area contributed by atoms with Gasteiger partial charge in [-0.15, -0.1) is 0 Å². The quantitative estimate of drug-likeness (QED) is 0.0382. The maximum Gasteiger partial charge on any atom is 0.249 e. The van der Waals surface area contributed by atoms with Crippen LogP contribution in [0.2, 0.25) is 0 Å². The van der Waals surface area contributed by atoms with E-state index in [9.17, 15) is 70.9 Å². The van der Waals surface area contributed by atoms with Gasteiger partial charge in [0, 0.05) is 6.92 Å². The molecule has 19 unspecified atom stereocenters. The number of ether oxygens (including phenoxy) is 6. The van der Waals surface area contributed by atoms with Gasteiger partial charge in [0.25, 0.3) is 0 Å². The van der Waals surface area contributed by atoms with Gasteiger partial charge in [-0.1, -0.05) is 213 Å².